The zero-order valence-corrected chi connectivity index (χ0v) is 12.2. The molecule has 1 unspecified atom stereocenters. The summed E-state index contributed by atoms with van der Waals surface area (Å²) < 4.78 is 34.3. The second kappa shape index (κ2) is 5.64. The molecule has 19 heavy (non-hydrogen) atoms. The van der Waals surface area contributed by atoms with Crippen LogP contribution in [0.3, 0.4) is 0 Å². The van der Waals surface area contributed by atoms with Crippen molar-refractivity contribution < 1.29 is 17.6 Å². The second-order valence-electron chi connectivity index (χ2n) is 3.83. The molecule has 0 spiro atoms. The molecule has 0 saturated carbocycles. The molecule has 8 heteroatoms. The number of sulfone groups is 1. The summed E-state index contributed by atoms with van der Waals surface area (Å²) in [7, 11) is -3.96. The Bertz CT molecular complexity index is 606. The summed E-state index contributed by atoms with van der Waals surface area (Å²) in [4.78, 5) is 11.4. The Labute approximate surface area is 120 Å². The van der Waals surface area contributed by atoms with Gasteiger partial charge in [0.15, 0.2) is 9.84 Å². The highest BCUT2D eigenvalue weighted by Gasteiger charge is 2.47. The van der Waals surface area contributed by atoms with Crippen LogP contribution in [0.25, 0.3) is 0 Å². The van der Waals surface area contributed by atoms with E-state index in [0.717, 1.165) is 12.1 Å². The fraction of sp³-hybridized carbons (Fsp3) is 0.364. The summed E-state index contributed by atoms with van der Waals surface area (Å²) in [5.41, 5.74) is 5.26. The Morgan fingerprint density at radius 1 is 1.58 bits per heavy atom. The van der Waals surface area contributed by atoms with E-state index in [1.165, 1.54) is 6.92 Å². The lowest BCUT2D eigenvalue weighted by Gasteiger charge is -2.23. The third-order valence-corrected chi connectivity index (χ3v) is 6.07. The molecular weight excluding hydrogens is 316 g/mol. The molecule has 0 aliphatic rings. The van der Waals surface area contributed by atoms with E-state index in [1.807, 2.05) is 0 Å². The van der Waals surface area contributed by atoms with Crippen molar-refractivity contribution in [3.05, 3.63) is 34.6 Å². The Kier molecular flexibility index (Phi) is 4.81. The van der Waals surface area contributed by atoms with Gasteiger partial charge in [-0.2, -0.15) is 0 Å². The number of amides is 1. The Balaban J connectivity index is 3.28. The van der Waals surface area contributed by atoms with Gasteiger partial charge in [0, 0.05) is 23.3 Å². The van der Waals surface area contributed by atoms with Crippen LogP contribution in [0.5, 0.6) is 0 Å². The highest BCUT2D eigenvalue weighted by molar-refractivity contribution is 7.95. The van der Waals surface area contributed by atoms with Gasteiger partial charge in [-0.05, 0) is 17.7 Å². The molecule has 0 fully saturated rings. The molecule has 1 amide bonds. The quantitative estimate of drug-likeness (QED) is 0.836. The normalized spacial score (nSPS) is 14.9. The maximum atomic E-state index is 12.9. The summed E-state index contributed by atoms with van der Waals surface area (Å²) >= 11 is 11.7. The van der Waals surface area contributed by atoms with E-state index in [1.54, 1.807) is 0 Å². The van der Waals surface area contributed by atoms with Crippen molar-refractivity contribution in [3.8, 4) is 0 Å². The first kappa shape index (κ1) is 16.2. The number of primary amides is 1. The predicted octanol–water partition coefficient (Wildman–Crippen LogP) is 1.68. The summed E-state index contributed by atoms with van der Waals surface area (Å²) in [6, 6.07) is 4.31. The van der Waals surface area contributed by atoms with Crippen LogP contribution in [0.15, 0.2) is 12.1 Å². The number of nitrogens with two attached hydrogens (primary N) is 1. The minimum atomic E-state index is -3.96. The molecule has 4 nitrogen and oxygen atoms in total. The van der Waals surface area contributed by atoms with Crippen molar-refractivity contribution in [1.82, 2.24) is 0 Å². The van der Waals surface area contributed by atoms with Gasteiger partial charge in [-0.3, -0.25) is 4.79 Å². The molecule has 0 saturated heterocycles. The van der Waals surface area contributed by atoms with Gasteiger partial charge in [-0.15, -0.1) is 0 Å². The van der Waals surface area contributed by atoms with Crippen molar-refractivity contribution in [2.24, 2.45) is 5.73 Å². The third kappa shape index (κ3) is 3.19. The van der Waals surface area contributed by atoms with Gasteiger partial charge < -0.3 is 5.73 Å². The van der Waals surface area contributed by atoms with Crippen molar-refractivity contribution in [2.45, 2.75) is 17.6 Å². The number of halogens is 3. The second-order valence-corrected chi connectivity index (χ2v) is 7.61. The van der Waals surface area contributed by atoms with Gasteiger partial charge in [0.2, 0.25) is 4.21 Å². The molecule has 1 aromatic carbocycles. The molecule has 0 aliphatic carbocycles. The molecule has 0 heterocycles. The predicted molar refractivity (Wildman–Crippen MR) is 71.2 cm³/mol. The number of hydrogen-bond acceptors (Lipinski definition) is 3. The van der Waals surface area contributed by atoms with Crippen LogP contribution < -0.4 is 5.73 Å². The fourth-order valence-corrected chi connectivity index (χ4v) is 3.26. The lowest BCUT2D eigenvalue weighted by molar-refractivity contribution is -0.118. The molecule has 1 rings (SSSR count). The SMILES string of the molecule is CCS(=O)(=O)C(Cl)(Cc1c[c]c(F)cc1Cl)C(N)=O. The molecule has 2 N–H and O–H groups in total. The third-order valence-electron chi connectivity index (χ3n) is 2.60. The molecule has 1 radical (unpaired) electrons. The van der Waals surface area contributed by atoms with Gasteiger partial charge in [0.25, 0.3) is 5.91 Å². The van der Waals surface area contributed by atoms with E-state index < -0.39 is 32.2 Å². The minimum Gasteiger partial charge on any atom is -0.367 e. The van der Waals surface area contributed by atoms with Gasteiger partial charge in [0.1, 0.15) is 5.82 Å². The van der Waals surface area contributed by atoms with Crippen molar-refractivity contribution in [1.29, 1.82) is 0 Å². The molecular formula is C11H11Cl2FNO3S. The first-order valence-corrected chi connectivity index (χ1v) is 7.61. The summed E-state index contributed by atoms with van der Waals surface area (Å²) in [6.45, 7) is 1.34. The molecule has 0 bridgehead atoms. The van der Waals surface area contributed by atoms with Crippen LogP contribution in [0.4, 0.5) is 4.39 Å². The van der Waals surface area contributed by atoms with Crippen molar-refractivity contribution in [2.75, 3.05) is 5.75 Å². The highest BCUT2D eigenvalue weighted by atomic mass is 35.5. The number of benzene rings is 1. The van der Waals surface area contributed by atoms with E-state index in [0.29, 0.717) is 0 Å². The van der Waals surface area contributed by atoms with E-state index in [2.05, 4.69) is 6.07 Å². The maximum absolute atomic E-state index is 12.9. The van der Waals surface area contributed by atoms with Crippen LogP contribution >= 0.6 is 23.2 Å². The zero-order chi connectivity index (χ0) is 14.8. The van der Waals surface area contributed by atoms with Crippen LogP contribution in [0, 0.1) is 11.9 Å². The van der Waals surface area contributed by atoms with Gasteiger partial charge in [0.05, 0.1) is 0 Å². The fourth-order valence-electron chi connectivity index (χ4n) is 1.43. The first-order chi connectivity index (χ1) is 8.64. The topological polar surface area (TPSA) is 77.2 Å². The minimum absolute atomic E-state index is 0.0474. The average molecular weight is 327 g/mol. The monoisotopic (exact) mass is 326 g/mol. The summed E-state index contributed by atoms with van der Waals surface area (Å²) in [5, 5.41) is -0.0474. The van der Waals surface area contributed by atoms with E-state index in [9.17, 15) is 17.6 Å². The largest absolute Gasteiger partial charge is 0.367 e. The lowest BCUT2D eigenvalue weighted by atomic mass is 10.1. The van der Waals surface area contributed by atoms with E-state index in [4.69, 9.17) is 28.9 Å². The Morgan fingerprint density at radius 2 is 2.16 bits per heavy atom. The maximum Gasteiger partial charge on any atom is 0.254 e. The Hall–Kier alpha value is -0.850. The molecule has 105 valence electrons. The van der Waals surface area contributed by atoms with Crippen molar-refractivity contribution >= 4 is 38.9 Å². The number of carbonyl (C=O) groups excluding carboxylic acids is 1. The molecule has 1 atom stereocenters. The number of rotatable bonds is 5. The lowest BCUT2D eigenvalue weighted by Crippen LogP contribution is -2.48. The molecule has 0 aliphatic heterocycles. The van der Waals surface area contributed by atoms with Crippen molar-refractivity contribution in [3.63, 3.8) is 0 Å². The number of alkyl halides is 1. The Morgan fingerprint density at radius 3 is 2.58 bits per heavy atom. The van der Waals surface area contributed by atoms with Crippen LogP contribution in [0.2, 0.25) is 5.02 Å². The molecule has 0 aromatic heterocycles. The van der Waals surface area contributed by atoms with Crippen LogP contribution in [-0.4, -0.2) is 24.3 Å². The van der Waals surface area contributed by atoms with Crippen LogP contribution in [-0.2, 0) is 21.1 Å². The number of hydrogen-bond donors (Lipinski definition) is 1. The van der Waals surface area contributed by atoms with Gasteiger partial charge >= 0.3 is 0 Å². The smallest absolute Gasteiger partial charge is 0.254 e. The summed E-state index contributed by atoms with van der Waals surface area (Å²) in [6.07, 6.45) is -0.449. The van der Waals surface area contributed by atoms with Gasteiger partial charge in [-0.1, -0.05) is 30.1 Å². The highest BCUT2D eigenvalue weighted by Crippen LogP contribution is 2.31. The van der Waals surface area contributed by atoms with Gasteiger partial charge in [-0.25, -0.2) is 12.8 Å². The van der Waals surface area contributed by atoms with E-state index in [-0.39, 0.29) is 16.3 Å². The van der Waals surface area contributed by atoms with Crippen LogP contribution in [0.1, 0.15) is 12.5 Å². The zero-order valence-electron chi connectivity index (χ0n) is 9.91. The molecule has 1 aromatic rings. The first-order valence-electron chi connectivity index (χ1n) is 5.20. The standard InChI is InChI=1S/C11H11Cl2FNO3S/c1-2-19(17,18)11(13,10(15)16)6-7-3-4-8(14)5-9(7)12/h3,5H,2,6H2,1H3,(H2,15,16). The summed E-state index contributed by atoms with van der Waals surface area (Å²) in [5.74, 6) is -2.26. The van der Waals surface area contributed by atoms with E-state index >= 15 is 0 Å². The number of carbonyl (C=O) groups is 1. The average Bonchev–Trinajstić information content (AvgIpc) is 2.32.